The van der Waals surface area contributed by atoms with Gasteiger partial charge in [0.15, 0.2) is 0 Å². The van der Waals surface area contributed by atoms with E-state index in [4.69, 9.17) is 4.74 Å². The first-order valence-electron chi connectivity index (χ1n) is 6.12. The lowest BCUT2D eigenvalue weighted by molar-refractivity contribution is -0.118. The molecule has 2 heterocycles. The maximum Gasteiger partial charge on any atom is 0.226 e. The lowest BCUT2D eigenvalue weighted by Crippen LogP contribution is -2.46. The molecule has 1 amide bonds. The van der Waals surface area contributed by atoms with Gasteiger partial charge in [0, 0.05) is 19.5 Å². The summed E-state index contributed by atoms with van der Waals surface area (Å²) in [5, 5.41) is 0. The van der Waals surface area contributed by atoms with E-state index in [1.54, 1.807) is 0 Å². The molecule has 1 aromatic carbocycles. The van der Waals surface area contributed by atoms with Crippen LogP contribution >= 0.6 is 0 Å². The van der Waals surface area contributed by atoms with Crippen LogP contribution in [0.15, 0.2) is 18.2 Å². The second-order valence-corrected chi connectivity index (χ2v) is 4.36. The van der Waals surface area contributed by atoms with Crippen LogP contribution in [-0.4, -0.2) is 32.1 Å². The van der Waals surface area contributed by atoms with Crippen LogP contribution in [0.1, 0.15) is 13.3 Å². The van der Waals surface area contributed by atoms with Gasteiger partial charge in [0.2, 0.25) is 5.91 Å². The molecule has 2 aliphatic heterocycles. The summed E-state index contributed by atoms with van der Waals surface area (Å²) in [5.74, 6) is 1.09. The number of benzene rings is 1. The summed E-state index contributed by atoms with van der Waals surface area (Å²) in [6, 6.07) is 5.94. The van der Waals surface area contributed by atoms with Gasteiger partial charge in [-0.15, -0.1) is 0 Å². The summed E-state index contributed by atoms with van der Waals surface area (Å²) in [4.78, 5) is 16.1. The smallest absolute Gasteiger partial charge is 0.226 e. The third-order valence-electron chi connectivity index (χ3n) is 3.40. The Kier molecular flexibility index (Phi) is 2.42. The molecule has 0 atom stereocenters. The fraction of sp³-hybridized carbons (Fsp3) is 0.462. The van der Waals surface area contributed by atoms with Crippen LogP contribution in [0.25, 0.3) is 0 Å². The van der Waals surface area contributed by atoms with Crippen molar-refractivity contribution < 1.29 is 9.53 Å². The number of nitrogens with zero attached hydrogens (tertiary/aromatic N) is 2. The average molecular weight is 232 g/mol. The monoisotopic (exact) mass is 232 g/mol. The molecule has 0 aliphatic carbocycles. The van der Waals surface area contributed by atoms with Gasteiger partial charge in [-0.2, -0.15) is 0 Å². The molecule has 2 aliphatic rings. The zero-order valence-electron chi connectivity index (χ0n) is 9.98. The highest BCUT2D eigenvalue weighted by Crippen LogP contribution is 2.42. The average Bonchev–Trinajstić information content (AvgIpc) is 2.39. The zero-order chi connectivity index (χ0) is 11.8. The van der Waals surface area contributed by atoms with Gasteiger partial charge in [-0.3, -0.25) is 4.79 Å². The second kappa shape index (κ2) is 3.95. The van der Waals surface area contributed by atoms with Crippen LogP contribution in [0, 0.1) is 0 Å². The molecule has 0 spiro atoms. The Labute approximate surface area is 101 Å². The summed E-state index contributed by atoms with van der Waals surface area (Å²) < 4.78 is 5.65. The first-order chi connectivity index (χ1) is 8.31. The number of rotatable bonds is 1. The van der Waals surface area contributed by atoms with Crippen LogP contribution in [-0.2, 0) is 4.79 Å². The SMILES string of the molecule is CCC(=O)N1CCN2CCOc3cccc1c32. The Morgan fingerprint density at radius 1 is 1.35 bits per heavy atom. The summed E-state index contributed by atoms with van der Waals surface area (Å²) >= 11 is 0. The van der Waals surface area contributed by atoms with Crippen molar-refractivity contribution in [3.8, 4) is 5.75 Å². The Morgan fingerprint density at radius 2 is 2.24 bits per heavy atom. The number of carbonyl (C=O) groups is 1. The van der Waals surface area contributed by atoms with E-state index in [2.05, 4.69) is 4.90 Å². The topological polar surface area (TPSA) is 32.8 Å². The summed E-state index contributed by atoms with van der Waals surface area (Å²) in [6.07, 6.45) is 0.546. The Morgan fingerprint density at radius 3 is 3.06 bits per heavy atom. The number of para-hydroxylation sites is 1. The highest BCUT2D eigenvalue weighted by Gasteiger charge is 2.30. The van der Waals surface area contributed by atoms with Crippen LogP contribution in [0.2, 0.25) is 0 Å². The molecular weight excluding hydrogens is 216 g/mol. The van der Waals surface area contributed by atoms with Gasteiger partial charge in [0.1, 0.15) is 18.0 Å². The van der Waals surface area contributed by atoms with Gasteiger partial charge in [-0.25, -0.2) is 0 Å². The predicted molar refractivity (Wildman–Crippen MR) is 66.8 cm³/mol. The van der Waals surface area contributed by atoms with E-state index in [-0.39, 0.29) is 5.91 Å². The summed E-state index contributed by atoms with van der Waals surface area (Å²) in [7, 11) is 0. The number of hydrogen-bond acceptors (Lipinski definition) is 3. The molecule has 0 saturated heterocycles. The first-order valence-corrected chi connectivity index (χ1v) is 6.12. The first kappa shape index (κ1) is 10.4. The quantitative estimate of drug-likeness (QED) is 0.738. The van der Waals surface area contributed by atoms with Crippen molar-refractivity contribution in [1.82, 2.24) is 0 Å². The number of ether oxygens (including phenoxy) is 1. The number of hydrogen-bond donors (Lipinski definition) is 0. The van der Waals surface area contributed by atoms with E-state index in [1.807, 2.05) is 30.0 Å². The van der Waals surface area contributed by atoms with E-state index in [9.17, 15) is 4.79 Å². The van der Waals surface area contributed by atoms with Gasteiger partial charge in [-0.1, -0.05) is 13.0 Å². The fourth-order valence-electron chi connectivity index (χ4n) is 2.56. The van der Waals surface area contributed by atoms with Crippen molar-refractivity contribution in [2.75, 3.05) is 36.0 Å². The van der Waals surface area contributed by atoms with Crippen molar-refractivity contribution in [2.45, 2.75) is 13.3 Å². The Bertz CT molecular complexity index is 459. The van der Waals surface area contributed by atoms with E-state index in [0.29, 0.717) is 6.42 Å². The Balaban J connectivity index is 2.09. The molecule has 90 valence electrons. The minimum Gasteiger partial charge on any atom is -0.489 e. The number of carbonyl (C=O) groups excluding carboxylic acids is 1. The molecule has 17 heavy (non-hydrogen) atoms. The van der Waals surface area contributed by atoms with Crippen molar-refractivity contribution in [1.29, 1.82) is 0 Å². The molecule has 4 heteroatoms. The lowest BCUT2D eigenvalue weighted by Gasteiger charge is -2.40. The molecule has 3 rings (SSSR count). The third-order valence-corrected chi connectivity index (χ3v) is 3.40. The molecule has 0 aromatic heterocycles. The molecule has 4 nitrogen and oxygen atoms in total. The molecule has 0 fully saturated rings. The van der Waals surface area contributed by atoms with Crippen molar-refractivity contribution >= 4 is 17.3 Å². The van der Waals surface area contributed by atoms with Crippen molar-refractivity contribution in [3.63, 3.8) is 0 Å². The zero-order valence-corrected chi connectivity index (χ0v) is 9.98. The molecule has 0 N–H and O–H groups in total. The minimum absolute atomic E-state index is 0.184. The van der Waals surface area contributed by atoms with Crippen LogP contribution in [0.5, 0.6) is 5.75 Å². The minimum atomic E-state index is 0.184. The molecular formula is C13H16N2O2. The highest BCUT2D eigenvalue weighted by molar-refractivity contribution is 5.99. The molecule has 1 aromatic rings. The van der Waals surface area contributed by atoms with E-state index < -0.39 is 0 Å². The van der Waals surface area contributed by atoms with Gasteiger partial charge >= 0.3 is 0 Å². The number of anilines is 2. The normalized spacial score (nSPS) is 17.5. The van der Waals surface area contributed by atoms with Crippen molar-refractivity contribution in [3.05, 3.63) is 18.2 Å². The largest absolute Gasteiger partial charge is 0.489 e. The standard InChI is InChI=1S/C13H16N2O2/c1-2-12(16)15-7-6-14-8-9-17-11-5-3-4-10(15)13(11)14/h3-5H,2,6-9H2,1H3. The van der Waals surface area contributed by atoms with Crippen LogP contribution in [0.3, 0.4) is 0 Å². The van der Waals surface area contributed by atoms with Crippen LogP contribution < -0.4 is 14.5 Å². The second-order valence-electron chi connectivity index (χ2n) is 4.36. The molecule has 0 unspecified atom stereocenters. The molecule has 0 bridgehead atoms. The summed E-state index contributed by atoms with van der Waals surface area (Å²) in [5.41, 5.74) is 2.09. The maximum absolute atomic E-state index is 11.9. The van der Waals surface area contributed by atoms with Crippen LogP contribution in [0.4, 0.5) is 11.4 Å². The maximum atomic E-state index is 11.9. The Hall–Kier alpha value is -1.71. The molecule has 0 radical (unpaired) electrons. The van der Waals surface area contributed by atoms with Gasteiger partial charge in [-0.05, 0) is 12.1 Å². The van der Waals surface area contributed by atoms with E-state index in [1.165, 1.54) is 0 Å². The van der Waals surface area contributed by atoms with E-state index in [0.717, 1.165) is 43.4 Å². The third kappa shape index (κ3) is 1.55. The van der Waals surface area contributed by atoms with Gasteiger partial charge in [0.25, 0.3) is 0 Å². The summed E-state index contributed by atoms with van der Waals surface area (Å²) in [6.45, 7) is 5.24. The van der Waals surface area contributed by atoms with Gasteiger partial charge in [0.05, 0.1) is 12.2 Å². The van der Waals surface area contributed by atoms with Crippen molar-refractivity contribution in [2.24, 2.45) is 0 Å². The highest BCUT2D eigenvalue weighted by atomic mass is 16.5. The predicted octanol–water partition coefficient (Wildman–Crippen LogP) is 1.64. The fourth-order valence-corrected chi connectivity index (χ4v) is 2.56. The van der Waals surface area contributed by atoms with Gasteiger partial charge < -0.3 is 14.5 Å². The molecule has 0 saturated carbocycles. The van der Waals surface area contributed by atoms with E-state index >= 15 is 0 Å². The number of amides is 1. The lowest BCUT2D eigenvalue weighted by atomic mass is 10.1.